The first-order valence-corrected chi connectivity index (χ1v) is 17.4. The number of ether oxygens (including phenoxy) is 2. The molecule has 7 rings (SSSR count). The molecule has 2 aromatic carbocycles. The number of amides is 3. The Kier molecular flexibility index (Phi) is 9.77. The Morgan fingerprint density at radius 1 is 0.940 bits per heavy atom. The number of para-hydroxylation sites is 1. The highest BCUT2D eigenvalue weighted by molar-refractivity contribution is 5.99. The molecule has 13 heteroatoms. The Morgan fingerprint density at radius 2 is 1.74 bits per heavy atom. The van der Waals surface area contributed by atoms with Crippen LogP contribution in [0.25, 0.3) is 11.0 Å². The van der Waals surface area contributed by atoms with Crippen LogP contribution < -0.4 is 5.32 Å². The van der Waals surface area contributed by atoms with E-state index in [0.29, 0.717) is 30.3 Å². The van der Waals surface area contributed by atoms with E-state index < -0.39 is 41.7 Å². The average Bonchev–Trinajstić information content (AvgIpc) is 3.88. The van der Waals surface area contributed by atoms with E-state index in [1.165, 1.54) is 0 Å². The van der Waals surface area contributed by atoms with E-state index in [0.717, 1.165) is 18.4 Å². The van der Waals surface area contributed by atoms with Gasteiger partial charge in [-0.25, -0.2) is 4.68 Å². The summed E-state index contributed by atoms with van der Waals surface area (Å²) in [5.74, 6) is -3.44. The third-order valence-corrected chi connectivity index (χ3v) is 10.2. The van der Waals surface area contributed by atoms with Gasteiger partial charge in [-0.05, 0) is 37.0 Å². The molecule has 0 unspecified atom stereocenters. The molecular formula is C37H42N6O7. The quantitative estimate of drug-likeness (QED) is 0.197. The molecule has 1 aromatic heterocycles. The van der Waals surface area contributed by atoms with Crippen molar-refractivity contribution in [3.8, 4) is 0 Å². The molecule has 262 valence electrons. The number of esters is 1. The van der Waals surface area contributed by atoms with Crippen molar-refractivity contribution in [3.63, 3.8) is 0 Å². The standard InChI is InChI=1S/C37H42N6O7/c44-22-12-2-1-11-21-42-33-35(47)41(24-43-27-16-9-8-15-26(27)39-40-43)20-10-4-7-17-30(45)38-23-29(25-13-5-3-6-14-25)49-36(48)31-28-18-19-37(33,50-28)32(31)34(42)46/h3-6,8-10,13-16,18-19,28-29,31-33,44H,1-2,7,11-12,17,20-24H2,(H,38,45)/b10-4-/t28-,29-,31+,32+,33-,37+/m1/s1. The number of cyclic esters (lactones) is 1. The van der Waals surface area contributed by atoms with Gasteiger partial charge >= 0.3 is 5.97 Å². The molecular weight excluding hydrogens is 640 g/mol. The summed E-state index contributed by atoms with van der Waals surface area (Å²) in [5, 5.41) is 20.8. The molecule has 0 radical (unpaired) electrons. The molecule has 3 aromatic rings. The number of unbranched alkanes of at least 4 members (excludes halogenated alkanes) is 3. The lowest BCUT2D eigenvalue weighted by molar-refractivity contribution is -0.159. The number of carbonyl (C=O) groups is 4. The van der Waals surface area contributed by atoms with E-state index in [1.807, 2.05) is 66.7 Å². The fourth-order valence-corrected chi connectivity index (χ4v) is 7.72. The Labute approximate surface area is 289 Å². The number of likely N-dealkylation sites (tertiary alicyclic amines) is 1. The summed E-state index contributed by atoms with van der Waals surface area (Å²) in [4.78, 5) is 59.7. The van der Waals surface area contributed by atoms with Crippen LogP contribution in [0, 0.1) is 11.8 Å². The minimum Gasteiger partial charge on any atom is -0.455 e. The maximum atomic E-state index is 15.0. The Balaban J connectivity index is 1.26. The number of nitrogens with one attached hydrogen (secondary N) is 1. The largest absolute Gasteiger partial charge is 0.455 e. The van der Waals surface area contributed by atoms with Crippen LogP contribution in [0.3, 0.4) is 0 Å². The molecule has 4 aliphatic rings. The first-order valence-electron chi connectivity index (χ1n) is 17.4. The summed E-state index contributed by atoms with van der Waals surface area (Å²) in [5.41, 5.74) is 0.768. The van der Waals surface area contributed by atoms with E-state index in [-0.39, 0.29) is 57.1 Å². The number of hydrogen-bond acceptors (Lipinski definition) is 9. The highest BCUT2D eigenvalue weighted by atomic mass is 16.6. The van der Waals surface area contributed by atoms with Gasteiger partial charge < -0.3 is 29.7 Å². The summed E-state index contributed by atoms with van der Waals surface area (Å²) in [6.45, 7) is 0.677. The highest BCUT2D eigenvalue weighted by Gasteiger charge is 2.73. The van der Waals surface area contributed by atoms with E-state index in [4.69, 9.17) is 9.47 Å². The van der Waals surface area contributed by atoms with Gasteiger partial charge in [-0.2, -0.15) is 0 Å². The van der Waals surface area contributed by atoms with Crippen LogP contribution in [0.15, 0.2) is 78.9 Å². The SMILES string of the molecule is O=C1CC/C=C\CN(Cn2nnc3ccccc32)C(=O)[C@H]2N(CCCCCCO)C(=O)[C@@H]3[C@@H](C(=O)O[C@@H](c4ccccc4)CN1)[C@H]1C=C[C@]32O1. The van der Waals surface area contributed by atoms with Gasteiger partial charge in [0, 0.05) is 26.1 Å². The van der Waals surface area contributed by atoms with Crippen molar-refractivity contribution >= 4 is 34.7 Å². The lowest BCUT2D eigenvalue weighted by atomic mass is 9.74. The molecule has 3 amide bonds. The second-order valence-electron chi connectivity index (χ2n) is 13.3. The van der Waals surface area contributed by atoms with Crippen LogP contribution in [0.2, 0.25) is 0 Å². The van der Waals surface area contributed by atoms with Gasteiger partial charge in [-0.3, -0.25) is 19.2 Å². The maximum Gasteiger partial charge on any atom is 0.313 e. The molecule has 5 bridgehead atoms. The normalized spacial score (nSPS) is 29.0. The lowest BCUT2D eigenvalue weighted by Gasteiger charge is -2.35. The summed E-state index contributed by atoms with van der Waals surface area (Å²) in [7, 11) is 0. The van der Waals surface area contributed by atoms with Gasteiger partial charge in [0.05, 0.1) is 24.1 Å². The van der Waals surface area contributed by atoms with Gasteiger partial charge in [0.2, 0.25) is 11.8 Å². The Hall–Kier alpha value is -4.88. The summed E-state index contributed by atoms with van der Waals surface area (Å²) >= 11 is 0. The van der Waals surface area contributed by atoms with Crippen LogP contribution in [0.4, 0.5) is 0 Å². The van der Waals surface area contributed by atoms with Crippen LogP contribution in [-0.4, -0.2) is 97.6 Å². The Bertz CT molecular complexity index is 1790. The zero-order valence-electron chi connectivity index (χ0n) is 27.8. The first kappa shape index (κ1) is 33.6. The smallest absolute Gasteiger partial charge is 0.313 e. The monoisotopic (exact) mass is 682 g/mol. The predicted octanol–water partition coefficient (Wildman–Crippen LogP) is 2.67. The van der Waals surface area contributed by atoms with Crippen molar-refractivity contribution in [2.75, 3.05) is 26.2 Å². The van der Waals surface area contributed by atoms with Crippen molar-refractivity contribution in [1.82, 2.24) is 30.1 Å². The number of aromatic nitrogens is 3. The maximum absolute atomic E-state index is 15.0. The number of aliphatic hydroxyl groups is 1. The van der Waals surface area contributed by atoms with E-state index in [1.54, 1.807) is 26.6 Å². The lowest BCUT2D eigenvalue weighted by Crippen LogP contribution is -2.56. The van der Waals surface area contributed by atoms with Gasteiger partial charge in [-0.15, -0.1) is 5.10 Å². The molecule has 2 saturated heterocycles. The van der Waals surface area contributed by atoms with Gasteiger partial charge in [0.15, 0.2) is 0 Å². The van der Waals surface area contributed by atoms with Crippen molar-refractivity contribution in [2.24, 2.45) is 11.8 Å². The van der Waals surface area contributed by atoms with Gasteiger partial charge in [-0.1, -0.05) is 84.8 Å². The topological polar surface area (TPSA) is 156 Å². The zero-order chi connectivity index (χ0) is 34.7. The fourth-order valence-electron chi connectivity index (χ4n) is 7.72. The number of nitrogens with zero attached hydrogens (tertiary/aromatic N) is 5. The Morgan fingerprint density at radius 3 is 2.58 bits per heavy atom. The minimum atomic E-state index is -1.37. The number of aliphatic hydroxyl groups excluding tert-OH is 1. The summed E-state index contributed by atoms with van der Waals surface area (Å²) in [6.07, 6.45) is 9.17. The number of rotatable bonds is 9. The summed E-state index contributed by atoms with van der Waals surface area (Å²) < 4.78 is 14.3. The molecule has 4 aliphatic heterocycles. The molecule has 6 atom stereocenters. The number of allylic oxidation sites excluding steroid dienone is 1. The third kappa shape index (κ3) is 6.31. The second kappa shape index (κ2) is 14.5. The van der Waals surface area contributed by atoms with Crippen molar-refractivity contribution in [3.05, 3.63) is 84.5 Å². The number of hydrogen-bond donors (Lipinski definition) is 2. The highest BCUT2D eigenvalue weighted by Crippen LogP contribution is 2.56. The number of carbonyl (C=O) groups excluding carboxylic acids is 4. The fraction of sp³-hybridized carbons (Fsp3) is 0.459. The van der Waals surface area contributed by atoms with E-state index >= 15 is 0 Å². The predicted molar refractivity (Wildman–Crippen MR) is 181 cm³/mol. The van der Waals surface area contributed by atoms with Crippen LogP contribution in [-0.2, 0) is 35.3 Å². The molecule has 5 heterocycles. The van der Waals surface area contributed by atoms with Crippen molar-refractivity contribution in [2.45, 2.75) is 69.0 Å². The van der Waals surface area contributed by atoms with Gasteiger partial charge in [0.1, 0.15) is 35.9 Å². The molecule has 0 saturated carbocycles. The van der Waals surface area contributed by atoms with Crippen molar-refractivity contribution in [1.29, 1.82) is 0 Å². The van der Waals surface area contributed by atoms with Crippen LogP contribution >= 0.6 is 0 Å². The molecule has 13 nitrogen and oxygen atoms in total. The third-order valence-electron chi connectivity index (χ3n) is 10.2. The zero-order valence-corrected chi connectivity index (χ0v) is 27.8. The molecule has 1 spiro atoms. The second-order valence-corrected chi connectivity index (χ2v) is 13.3. The molecule has 50 heavy (non-hydrogen) atoms. The summed E-state index contributed by atoms with van der Waals surface area (Å²) in [6, 6.07) is 15.6. The van der Waals surface area contributed by atoms with Crippen molar-refractivity contribution < 1.29 is 33.8 Å². The molecule has 0 aliphatic carbocycles. The van der Waals surface area contributed by atoms with E-state index in [9.17, 15) is 24.3 Å². The number of benzene rings is 2. The van der Waals surface area contributed by atoms with Crippen LogP contribution in [0.1, 0.15) is 50.2 Å². The van der Waals surface area contributed by atoms with Gasteiger partial charge in [0.25, 0.3) is 5.91 Å². The number of fused-ring (bicyclic) bond motifs is 3. The minimum absolute atomic E-state index is 0.0529. The molecule has 2 N–H and O–H groups in total. The van der Waals surface area contributed by atoms with Crippen LogP contribution in [0.5, 0.6) is 0 Å². The first-order chi connectivity index (χ1) is 24.4. The molecule has 2 fully saturated rings. The average molecular weight is 683 g/mol. The van der Waals surface area contributed by atoms with E-state index in [2.05, 4.69) is 15.6 Å².